The lowest BCUT2D eigenvalue weighted by Gasteiger charge is -2.16. The summed E-state index contributed by atoms with van der Waals surface area (Å²) in [6.45, 7) is 6.51. The Bertz CT molecular complexity index is 1210. The minimum Gasteiger partial charge on any atom is -0.451 e. The largest absolute Gasteiger partial charge is 0.451 e. The normalized spacial score (nSPS) is 13.9. The zero-order valence-corrected chi connectivity index (χ0v) is 17.6. The fourth-order valence-electron chi connectivity index (χ4n) is 4.44. The van der Waals surface area contributed by atoms with E-state index in [0.29, 0.717) is 28.1 Å². The second-order valence-electron chi connectivity index (χ2n) is 7.88. The standard InChI is InChI=1S/C24H24N2O4/c1-12-20(14(3)27)13(2)25-22(12)23(28)15(4)30-24(29)21-16-8-5-6-10-18(16)26-19-11-7-9-17(19)21/h5-6,8,10,15,25H,7,9,11H2,1-4H3/t15-/m1/s1. The summed E-state index contributed by atoms with van der Waals surface area (Å²) in [6.07, 6.45) is 1.57. The van der Waals surface area contributed by atoms with Crippen LogP contribution < -0.4 is 0 Å². The van der Waals surface area contributed by atoms with Crippen molar-refractivity contribution in [3.05, 3.63) is 63.6 Å². The van der Waals surface area contributed by atoms with E-state index in [9.17, 15) is 14.4 Å². The second-order valence-corrected chi connectivity index (χ2v) is 7.88. The SMILES string of the molecule is CC(=O)c1c(C)[nH]c(C(=O)[C@@H](C)OC(=O)c2c3c(nc4ccccc24)CCC3)c1C. The van der Waals surface area contributed by atoms with Gasteiger partial charge < -0.3 is 9.72 Å². The molecule has 1 aliphatic rings. The minimum absolute atomic E-state index is 0.108. The van der Waals surface area contributed by atoms with Gasteiger partial charge in [0.2, 0.25) is 5.78 Å². The van der Waals surface area contributed by atoms with Gasteiger partial charge >= 0.3 is 5.97 Å². The first-order valence-electron chi connectivity index (χ1n) is 10.1. The minimum atomic E-state index is -0.988. The summed E-state index contributed by atoms with van der Waals surface area (Å²) in [5, 5.41) is 0.744. The molecular formula is C24H24N2O4. The Morgan fingerprint density at radius 3 is 2.53 bits per heavy atom. The molecule has 2 heterocycles. The van der Waals surface area contributed by atoms with Gasteiger partial charge in [0.1, 0.15) is 0 Å². The first-order chi connectivity index (χ1) is 14.3. The summed E-state index contributed by atoms with van der Waals surface area (Å²) in [4.78, 5) is 45.7. The smallest absolute Gasteiger partial charge is 0.339 e. The van der Waals surface area contributed by atoms with Crippen molar-refractivity contribution in [3.63, 3.8) is 0 Å². The van der Waals surface area contributed by atoms with Crippen LogP contribution in [0.2, 0.25) is 0 Å². The summed E-state index contributed by atoms with van der Waals surface area (Å²) in [5.41, 5.74) is 5.16. The van der Waals surface area contributed by atoms with Crippen LogP contribution in [0.15, 0.2) is 24.3 Å². The number of H-pyrrole nitrogens is 1. The number of aryl methyl sites for hydroxylation is 2. The number of esters is 1. The molecule has 0 radical (unpaired) electrons. The van der Waals surface area contributed by atoms with Crippen LogP contribution in [0.5, 0.6) is 0 Å². The van der Waals surface area contributed by atoms with Crippen LogP contribution in [0, 0.1) is 13.8 Å². The number of rotatable bonds is 5. The Hall–Kier alpha value is -3.28. The number of aromatic nitrogens is 2. The molecule has 30 heavy (non-hydrogen) atoms. The molecule has 0 aliphatic heterocycles. The van der Waals surface area contributed by atoms with Gasteiger partial charge in [0.15, 0.2) is 11.9 Å². The molecule has 0 bridgehead atoms. The lowest BCUT2D eigenvalue weighted by molar-refractivity contribution is 0.0317. The molecule has 0 saturated carbocycles. The van der Waals surface area contributed by atoms with E-state index < -0.39 is 12.1 Å². The van der Waals surface area contributed by atoms with Crippen LogP contribution in [0.4, 0.5) is 0 Å². The number of ketones is 2. The van der Waals surface area contributed by atoms with Crippen molar-refractivity contribution < 1.29 is 19.1 Å². The van der Waals surface area contributed by atoms with Gasteiger partial charge in [0, 0.05) is 22.3 Å². The number of fused-ring (bicyclic) bond motifs is 2. The third-order valence-electron chi connectivity index (χ3n) is 5.81. The fraction of sp³-hybridized carbons (Fsp3) is 0.333. The van der Waals surface area contributed by atoms with Gasteiger partial charge in [-0.25, -0.2) is 4.79 Å². The van der Waals surface area contributed by atoms with Crippen LogP contribution in [0.3, 0.4) is 0 Å². The second kappa shape index (κ2) is 7.52. The lowest BCUT2D eigenvalue weighted by atomic mass is 10.0. The number of ether oxygens (including phenoxy) is 1. The van der Waals surface area contributed by atoms with Crippen molar-refractivity contribution >= 4 is 28.4 Å². The third kappa shape index (κ3) is 3.22. The van der Waals surface area contributed by atoms with E-state index in [1.807, 2.05) is 24.3 Å². The van der Waals surface area contributed by atoms with Gasteiger partial charge in [-0.3, -0.25) is 14.6 Å². The van der Waals surface area contributed by atoms with Crippen LogP contribution >= 0.6 is 0 Å². The molecule has 3 aromatic rings. The quantitative estimate of drug-likeness (QED) is 0.506. The Morgan fingerprint density at radius 2 is 1.83 bits per heavy atom. The maximum Gasteiger partial charge on any atom is 0.339 e. The Balaban J connectivity index is 1.66. The molecule has 4 rings (SSSR count). The van der Waals surface area contributed by atoms with E-state index in [4.69, 9.17) is 4.74 Å². The van der Waals surface area contributed by atoms with Crippen LogP contribution in [-0.2, 0) is 17.6 Å². The highest BCUT2D eigenvalue weighted by Crippen LogP contribution is 2.31. The van der Waals surface area contributed by atoms with Gasteiger partial charge in [-0.2, -0.15) is 0 Å². The number of hydrogen-bond donors (Lipinski definition) is 1. The first kappa shape index (κ1) is 20.0. The van der Waals surface area contributed by atoms with Crippen molar-refractivity contribution in [3.8, 4) is 0 Å². The summed E-state index contributed by atoms with van der Waals surface area (Å²) in [6, 6.07) is 7.50. The first-order valence-corrected chi connectivity index (χ1v) is 10.1. The lowest BCUT2D eigenvalue weighted by Crippen LogP contribution is -2.26. The Morgan fingerprint density at radius 1 is 1.10 bits per heavy atom. The number of pyridine rings is 1. The maximum absolute atomic E-state index is 13.2. The molecule has 2 aromatic heterocycles. The van der Waals surface area contributed by atoms with Crippen molar-refractivity contribution in [2.75, 3.05) is 0 Å². The van der Waals surface area contributed by atoms with E-state index in [1.54, 1.807) is 20.8 Å². The number of Topliss-reactive ketones (excluding diaryl/α,β-unsaturated/α-hetero) is 2. The highest BCUT2D eigenvalue weighted by molar-refractivity contribution is 6.08. The molecule has 0 amide bonds. The molecule has 0 fully saturated rings. The zero-order valence-electron chi connectivity index (χ0n) is 17.6. The van der Waals surface area contributed by atoms with Gasteiger partial charge in [-0.05, 0) is 64.2 Å². The van der Waals surface area contributed by atoms with Crippen molar-refractivity contribution in [1.82, 2.24) is 9.97 Å². The molecule has 1 atom stereocenters. The van der Waals surface area contributed by atoms with Crippen molar-refractivity contribution in [1.29, 1.82) is 0 Å². The molecule has 0 saturated heterocycles. The summed E-state index contributed by atoms with van der Waals surface area (Å²) >= 11 is 0. The molecular weight excluding hydrogens is 380 g/mol. The highest BCUT2D eigenvalue weighted by atomic mass is 16.5. The van der Waals surface area contributed by atoms with Crippen molar-refractivity contribution in [2.45, 2.75) is 53.1 Å². The molecule has 1 aliphatic carbocycles. The maximum atomic E-state index is 13.2. The number of benzene rings is 1. The topological polar surface area (TPSA) is 89.1 Å². The summed E-state index contributed by atoms with van der Waals surface area (Å²) in [7, 11) is 0. The number of para-hydroxylation sites is 1. The number of aromatic amines is 1. The summed E-state index contributed by atoms with van der Waals surface area (Å²) < 4.78 is 5.63. The number of nitrogens with zero attached hydrogens (tertiary/aromatic N) is 1. The monoisotopic (exact) mass is 404 g/mol. The number of carbonyl (C=O) groups excluding carboxylic acids is 3. The number of carbonyl (C=O) groups is 3. The van der Waals surface area contributed by atoms with Gasteiger partial charge in [0.05, 0.1) is 16.8 Å². The third-order valence-corrected chi connectivity index (χ3v) is 5.81. The van der Waals surface area contributed by atoms with Crippen molar-refractivity contribution in [2.24, 2.45) is 0 Å². The molecule has 0 unspecified atom stereocenters. The van der Waals surface area contributed by atoms with Gasteiger partial charge in [0.25, 0.3) is 0 Å². The predicted molar refractivity (Wildman–Crippen MR) is 113 cm³/mol. The highest BCUT2D eigenvalue weighted by Gasteiger charge is 2.29. The van der Waals surface area contributed by atoms with E-state index in [1.165, 1.54) is 6.92 Å². The average Bonchev–Trinajstić information content (AvgIpc) is 3.28. The number of nitrogens with one attached hydrogen (secondary N) is 1. The van der Waals surface area contributed by atoms with Gasteiger partial charge in [-0.1, -0.05) is 18.2 Å². The zero-order chi connectivity index (χ0) is 21.6. The molecule has 0 spiro atoms. The molecule has 1 N–H and O–H groups in total. The molecule has 154 valence electrons. The molecule has 6 heteroatoms. The van der Waals surface area contributed by atoms with E-state index in [2.05, 4.69) is 9.97 Å². The Kier molecular flexibility index (Phi) is 5.02. The number of hydrogen-bond acceptors (Lipinski definition) is 5. The van der Waals surface area contributed by atoms with E-state index in [-0.39, 0.29) is 11.6 Å². The fourth-order valence-corrected chi connectivity index (χ4v) is 4.44. The Labute approximate surface area is 174 Å². The molecule has 6 nitrogen and oxygen atoms in total. The average molecular weight is 404 g/mol. The van der Waals surface area contributed by atoms with E-state index >= 15 is 0 Å². The van der Waals surface area contributed by atoms with Crippen LogP contribution in [0.25, 0.3) is 10.9 Å². The van der Waals surface area contributed by atoms with Gasteiger partial charge in [-0.15, -0.1) is 0 Å². The predicted octanol–water partition coefficient (Wildman–Crippen LogP) is 4.30. The van der Waals surface area contributed by atoms with Crippen LogP contribution in [0.1, 0.15) is 74.0 Å². The molecule has 1 aromatic carbocycles. The summed E-state index contributed by atoms with van der Waals surface area (Å²) in [5.74, 6) is -0.976. The van der Waals surface area contributed by atoms with Crippen LogP contribution in [-0.4, -0.2) is 33.6 Å². The van der Waals surface area contributed by atoms with E-state index in [0.717, 1.165) is 41.4 Å².